The minimum absolute atomic E-state index is 0.0834. The van der Waals surface area contributed by atoms with E-state index in [0.717, 1.165) is 12.1 Å². The summed E-state index contributed by atoms with van der Waals surface area (Å²) in [6.07, 6.45) is 0.333. The van der Waals surface area contributed by atoms with Gasteiger partial charge in [-0.1, -0.05) is 30.0 Å². The van der Waals surface area contributed by atoms with Crippen LogP contribution in [-0.4, -0.2) is 49.5 Å². The monoisotopic (exact) mass is 488 g/mol. The van der Waals surface area contributed by atoms with E-state index in [-0.39, 0.29) is 16.2 Å². The summed E-state index contributed by atoms with van der Waals surface area (Å²) in [4.78, 5) is 13.3. The van der Waals surface area contributed by atoms with Crippen molar-refractivity contribution in [3.05, 3.63) is 76.5 Å². The third-order valence-electron chi connectivity index (χ3n) is 5.14. The maximum atomic E-state index is 13.2. The highest BCUT2D eigenvalue weighted by atomic mass is 32.2. The molecule has 0 fully saturated rings. The Morgan fingerprint density at radius 1 is 1.06 bits per heavy atom. The average molecular weight is 489 g/mol. The highest BCUT2D eigenvalue weighted by molar-refractivity contribution is 7.99. The Balaban J connectivity index is 1.50. The summed E-state index contributed by atoms with van der Waals surface area (Å²) < 4.78 is 42.6. The summed E-state index contributed by atoms with van der Waals surface area (Å²) in [6, 6.07) is 14.0. The van der Waals surface area contributed by atoms with Gasteiger partial charge in [0.05, 0.1) is 22.0 Å². The summed E-state index contributed by atoms with van der Waals surface area (Å²) >= 11 is 1.26. The van der Waals surface area contributed by atoms with Crippen molar-refractivity contribution in [2.75, 3.05) is 11.5 Å². The van der Waals surface area contributed by atoms with Crippen LogP contribution in [0.15, 0.2) is 69.4 Å². The molecule has 0 bridgehead atoms. The fraction of sp³-hybridized carbons (Fsp3) is 0.238. The van der Waals surface area contributed by atoms with Crippen LogP contribution in [-0.2, 0) is 16.9 Å². The highest BCUT2D eigenvalue weighted by Crippen LogP contribution is 2.21. The van der Waals surface area contributed by atoms with Crippen molar-refractivity contribution < 1.29 is 12.8 Å². The molecule has 0 atom stereocenters. The van der Waals surface area contributed by atoms with E-state index >= 15 is 0 Å². The lowest BCUT2D eigenvalue weighted by molar-refractivity contribution is 0.593. The molecule has 0 spiro atoms. The van der Waals surface area contributed by atoms with Crippen molar-refractivity contribution in [2.24, 2.45) is 7.05 Å². The summed E-state index contributed by atoms with van der Waals surface area (Å²) in [5.74, 6) is -0.170. The molecule has 0 saturated carbocycles. The first-order valence-corrected chi connectivity index (χ1v) is 12.7. The first-order chi connectivity index (χ1) is 15.8. The number of nitrogens with zero attached hydrogens (tertiary/aromatic N) is 6. The number of aromatic nitrogens is 6. The maximum Gasteiger partial charge on any atom is 0.297 e. The second-order valence-electron chi connectivity index (χ2n) is 7.26. The third-order valence-corrected chi connectivity index (χ3v) is 7.96. The summed E-state index contributed by atoms with van der Waals surface area (Å²) in [6.45, 7) is 1.81. The van der Waals surface area contributed by atoms with Gasteiger partial charge in [-0.3, -0.25) is 9.48 Å². The number of halogens is 1. The first-order valence-electron chi connectivity index (χ1n) is 10.0. The van der Waals surface area contributed by atoms with Crippen LogP contribution in [0.5, 0.6) is 0 Å². The van der Waals surface area contributed by atoms with Crippen LogP contribution >= 0.6 is 11.8 Å². The lowest BCUT2D eigenvalue weighted by Gasteiger charge is -2.07. The predicted molar refractivity (Wildman–Crippen MR) is 122 cm³/mol. The van der Waals surface area contributed by atoms with Gasteiger partial charge in [0.1, 0.15) is 5.82 Å². The molecule has 0 aliphatic heterocycles. The van der Waals surface area contributed by atoms with E-state index in [0.29, 0.717) is 34.4 Å². The highest BCUT2D eigenvalue weighted by Gasteiger charge is 2.22. The fourth-order valence-corrected chi connectivity index (χ4v) is 5.69. The molecule has 0 amide bonds. The number of thioether (sulfide) groups is 1. The van der Waals surface area contributed by atoms with Crippen LogP contribution in [0.4, 0.5) is 4.39 Å². The van der Waals surface area contributed by atoms with Gasteiger partial charge in [-0.25, -0.2) is 17.5 Å². The zero-order chi connectivity index (χ0) is 23.6. The van der Waals surface area contributed by atoms with Crippen molar-refractivity contribution in [1.82, 2.24) is 29.6 Å². The predicted octanol–water partition coefficient (Wildman–Crippen LogP) is 2.56. The summed E-state index contributed by atoms with van der Waals surface area (Å²) in [7, 11) is -1.74. The number of benzene rings is 2. The molecule has 4 rings (SSSR count). The smallest absolute Gasteiger partial charge is 0.283 e. The van der Waals surface area contributed by atoms with Gasteiger partial charge < -0.3 is 0 Å². The number of hydrogen-bond donors (Lipinski definition) is 0. The fourth-order valence-electron chi connectivity index (χ4n) is 3.38. The van der Waals surface area contributed by atoms with Gasteiger partial charge >= 0.3 is 0 Å². The van der Waals surface area contributed by atoms with E-state index in [9.17, 15) is 17.6 Å². The van der Waals surface area contributed by atoms with E-state index in [4.69, 9.17) is 0 Å². The van der Waals surface area contributed by atoms with Crippen molar-refractivity contribution in [2.45, 2.75) is 23.4 Å². The van der Waals surface area contributed by atoms with Crippen LogP contribution < -0.4 is 5.56 Å². The molecular formula is C21H21FN6O3S2. The SMILES string of the molecule is Cc1c(-n2nnnc2SCCCS(=O)(=O)c2ccc(F)cc2)c(=O)n(-c2ccccc2)n1C. The van der Waals surface area contributed by atoms with E-state index < -0.39 is 15.7 Å². The number of tetrazole rings is 1. The van der Waals surface area contributed by atoms with Crippen molar-refractivity contribution >= 4 is 21.6 Å². The van der Waals surface area contributed by atoms with Crippen LogP contribution in [0.1, 0.15) is 12.1 Å². The second-order valence-corrected chi connectivity index (χ2v) is 10.4. The Kier molecular flexibility index (Phi) is 6.47. The molecule has 2 heterocycles. The van der Waals surface area contributed by atoms with Gasteiger partial charge in [0.25, 0.3) is 5.56 Å². The van der Waals surface area contributed by atoms with Gasteiger partial charge in [-0.05, 0) is 60.2 Å². The van der Waals surface area contributed by atoms with Crippen molar-refractivity contribution in [3.8, 4) is 11.4 Å². The van der Waals surface area contributed by atoms with Crippen LogP contribution in [0.25, 0.3) is 11.4 Å². The lowest BCUT2D eigenvalue weighted by atomic mass is 10.3. The average Bonchev–Trinajstić information content (AvgIpc) is 3.34. The molecule has 12 heteroatoms. The van der Waals surface area contributed by atoms with Gasteiger partial charge in [0.15, 0.2) is 15.5 Å². The largest absolute Gasteiger partial charge is 0.297 e. The second kappa shape index (κ2) is 9.32. The molecular weight excluding hydrogens is 467 g/mol. The zero-order valence-corrected chi connectivity index (χ0v) is 19.6. The molecule has 172 valence electrons. The van der Waals surface area contributed by atoms with Crippen LogP contribution in [0.2, 0.25) is 0 Å². The van der Waals surface area contributed by atoms with Gasteiger partial charge in [-0.2, -0.15) is 4.68 Å². The number of hydrogen-bond acceptors (Lipinski definition) is 7. The molecule has 4 aromatic rings. The Labute approximate surface area is 193 Å². The molecule has 0 aliphatic rings. The van der Waals surface area contributed by atoms with Gasteiger partial charge in [0.2, 0.25) is 5.16 Å². The summed E-state index contributed by atoms with van der Waals surface area (Å²) in [5, 5.41) is 12.1. The van der Waals surface area contributed by atoms with Crippen molar-refractivity contribution in [1.29, 1.82) is 0 Å². The Hall–Kier alpha value is -3.25. The number of sulfone groups is 1. The Morgan fingerprint density at radius 2 is 1.76 bits per heavy atom. The number of rotatable bonds is 8. The normalized spacial score (nSPS) is 11.7. The van der Waals surface area contributed by atoms with Crippen LogP contribution in [0.3, 0.4) is 0 Å². The van der Waals surface area contributed by atoms with E-state index in [1.165, 1.54) is 33.3 Å². The third kappa shape index (κ3) is 4.62. The quantitative estimate of drug-likeness (QED) is 0.213. The van der Waals surface area contributed by atoms with Crippen molar-refractivity contribution in [3.63, 3.8) is 0 Å². The number of para-hydroxylation sites is 1. The molecule has 0 saturated heterocycles. The molecule has 0 aliphatic carbocycles. The molecule has 9 nitrogen and oxygen atoms in total. The van der Waals surface area contributed by atoms with E-state index in [1.54, 1.807) is 11.7 Å². The molecule has 0 unspecified atom stereocenters. The maximum absolute atomic E-state index is 13.2. The minimum Gasteiger partial charge on any atom is -0.283 e. The molecule has 0 radical (unpaired) electrons. The summed E-state index contributed by atoms with van der Waals surface area (Å²) in [5.41, 5.74) is 1.45. The van der Waals surface area contributed by atoms with Gasteiger partial charge in [0, 0.05) is 12.8 Å². The van der Waals surface area contributed by atoms with Gasteiger partial charge in [-0.15, -0.1) is 5.10 Å². The Bertz CT molecular complexity index is 1430. The Morgan fingerprint density at radius 3 is 2.45 bits per heavy atom. The van der Waals surface area contributed by atoms with Crippen LogP contribution in [0, 0.1) is 12.7 Å². The molecule has 33 heavy (non-hydrogen) atoms. The minimum atomic E-state index is -3.52. The lowest BCUT2D eigenvalue weighted by Crippen LogP contribution is -2.22. The molecule has 2 aromatic heterocycles. The molecule has 2 aromatic carbocycles. The van der Waals surface area contributed by atoms with E-state index in [2.05, 4.69) is 15.5 Å². The topological polar surface area (TPSA) is 105 Å². The standard InChI is InChI=1S/C21H21FN6O3S2/c1-15-19(20(29)28(26(15)2)17-7-4-3-5-8-17)27-21(23-24-25-27)32-13-6-14-33(30,31)18-11-9-16(22)10-12-18/h3-5,7-12H,6,13-14H2,1-2H3. The first kappa shape index (κ1) is 22.9. The molecule has 0 N–H and O–H groups in total. The van der Waals surface area contributed by atoms with E-state index in [1.807, 2.05) is 37.3 Å². The zero-order valence-electron chi connectivity index (χ0n) is 17.9.